The molecule has 1 atom stereocenters. The molecular formula is C12H21N3O3S. The number of hydrogen-bond acceptors (Lipinski definition) is 6. The van der Waals surface area contributed by atoms with E-state index in [9.17, 15) is 8.42 Å². The summed E-state index contributed by atoms with van der Waals surface area (Å²) in [5, 5.41) is 2.97. The molecular weight excluding hydrogens is 266 g/mol. The molecule has 1 N–H and O–H groups in total. The molecule has 0 aliphatic heterocycles. The summed E-state index contributed by atoms with van der Waals surface area (Å²) >= 11 is 0. The van der Waals surface area contributed by atoms with Crippen molar-refractivity contribution in [1.29, 1.82) is 0 Å². The third-order valence-corrected chi connectivity index (χ3v) is 3.32. The maximum Gasteiger partial charge on any atom is 0.226 e. The second kappa shape index (κ2) is 6.70. The largest absolute Gasteiger partial charge is 0.478 e. The Morgan fingerprint density at radius 1 is 1.42 bits per heavy atom. The van der Waals surface area contributed by atoms with E-state index in [1.54, 1.807) is 13.0 Å². The first-order chi connectivity index (χ1) is 8.80. The molecule has 1 rings (SSSR count). The van der Waals surface area contributed by atoms with Crippen molar-refractivity contribution < 1.29 is 13.2 Å². The van der Waals surface area contributed by atoms with Gasteiger partial charge in [0.05, 0.1) is 12.4 Å². The number of aromatic nitrogens is 2. The van der Waals surface area contributed by atoms with Crippen LogP contribution >= 0.6 is 0 Å². The number of nitrogens with zero attached hydrogens (tertiary/aromatic N) is 2. The summed E-state index contributed by atoms with van der Waals surface area (Å²) in [6, 6.07) is 1.50. The molecule has 1 heterocycles. The molecule has 1 unspecified atom stereocenters. The fourth-order valence-corrected chi connectivity index (χ4v) is 2.59. The van der Waals surface area contributed by atoms with Gasteiger partial charge in [0, 0.05) is 24.1 Å². The Morgan fingerprint density at radius 2 is 2.11 bits per heavy atom. The fraction of sp³-hybridized carbons (Fsp3) is 0.667. The van der Waals surface area contributed by atoms with Gasteiger partial charge in [-0.2, -0.15) is 4.98 Å². The Hall–Kier alpha value is -1.37. The van der Waals surface area contributed by atoms with E-state index in [1.807, 2.05) is 13.8 Å². The normalized spacial score (nSPS) is 13.1. The van der Waals surface area contributed by atoms with Gasteiger partial charge >= 0.3 is 0 Å². The quantitative estimate of drug-likeness (QED) is 0.817. The van der Waals surface area contributed by atoms with E-state index in [4.69, 9.17) is 4.74 Å². The topological polar surface area (TPSA) is 81.2 Å². The average molecular weight is 287 g/mol. The Balaban J connectivity index is 2.74. The molecule has 0 amide bonds. The Morgan fingerprint density at radius 3 is 2.68 bits per heavy atom. The molecule has 0 aliphatic carbocycles. The van der Waals surface area contributed by atoms with Crippen molar-refractivity contribution in [2.45, 2.75) is 33.2 Å². The van der Waals surface area contributed by atoms with Crippen LogP contribution in [0.25, 0.3) is 0 Å². The van der Waals surface area contributed by atoms with Crippen LogP contribution in [-0.4, -0.2) is 43.0 Å². The SMILES string of the molecule is CCCOc1cc(C)nc(NC(C)CS(C)(=O)=O)n1. The molecule has 7 heteroatoms. The molecule has 0 saturated heterocycles. The Bertz CT molecular complexity index is 517. The van der Waals surface area contributed by atoms with Crippen LogP contribution in [0, 0.1) is 6.92 Å². The number of nitrogens with one attached hydrogen (secondary N) is 1. The maximum absolute atomic E-state index is 11.2. The molecule has 6 nitrogen and oxygen atoms in total. The van der Waals surface area contributed by atoms with Crippen LogP contribution in [0.15, 0.2) is 6.07 Å². The summed E-state index contributed by atoms with van der Waals surface area (Å²) in [5.41, 5.74) is 0.773. The van der Waals surface area contributed by atoms with E-state index >= 15 is 0 Å². The lowest BCUT2D eigenvalue weighted by molar-refractivity contribution is 0.305. The molecule has 0 aliphatic rings. The van der Waals surface area contributed by atoms with Gasteiger partial charge < -0.3 is 10.1 Å². The number of sulfone groups is 1. The van der Waals surface area contributed by atoms with E-state index in [0.29, 0.717) is 18.4 Å². The van der Waals surface area contributed by atoms with Gasteiger partial charge in [-0.05, 0) is 20.3 Å². The standard InChI is InChI=1S/C12H21N3O3S/c1-5-6-18-11-7-9(2)13-12(15-11)14-10(3)8-19(4,16)17/h7,10H,5-6,8H2,1-4H3,(H,13,14,15). The molecule has 1 aromatic rings. The summed E-state index contributed by atoms with van der Waals surface area (Å²) in [6.45, 7) is 6.22. The van der Waals surface area contributed by atoms with Gasteiger partial charge in [0.2, 0.25) is 11.8 Å². The highest BCUT2D eigenvalue weighted by atomic mass is 32.2. The molecule has 0 radical (unpaired) electrons. The summed E-state index contributed by atoms with van der Waals surface area (Å²) in [5.74, 6) is 0.931. The first-order valence-electron chi connectivity index (χ1n) is 6.23. The zero-order valence-corrected chi connectivity index (χ0v) is 12.6. The summed E-state index contributed by atoms with van der Waals surface area (Å²) in [6.07, 6.45) is 2.11. The van der Waals surface area contributed by atoms with Gasteiger partial charge in [-0.3, -0.25) is 0 Å². The van der Waals surface area contributed by atoms with E-state index in [1.165, 1.54) is 6.26 Å². The average Bonchev–Trinajstić information content (AvgIpc) is 2.22. The van der Waals surface area contributed by atoms with Crippen LogP contribution in [0.5, 0.6) is 5.88 Å². The van der Waals surface area contributed by atoms with Crippen molar-refractivity contribution in [2.75, 3.05) is 23.9 Å². The fourth-order valence-electron chi connectivity index (χ4n) is 1.60. The lowest BCUT2D eigenvalue weighted by Crippen LogP contribution is -2.26. The van der Waals surface area contributed by atoms with Crippen LogP contribution in [0.1, 0.15) is 26.0 Å². The molecule has 0 aromatic carbocycles. The molecule has 0 fully saturated rings. The van der Waals surface area contributed by atoms with Gasteiger partial charge in [0.1, 0.15) is 9.84 Å². The van der Waals surface area contributed by atoms with Crippen LogP contribution in [0.3, 0.4) is 0 Å². The Labute approximate surface area is 114 Å². The molecule has 108 valence electrons. The third-order valence-electron chi connectivity index (χ3n) is 2.21. The smallest absolute Gasteiger partial charge is 0.226 e. The number of anilines is 1. The van der Waals surface area contributed by atoms with Crippen LogP contribution in [0.4, 0.5) is 5.95 Å². The lowest BCUT2D eigenvalue weighted by atomic mass is 10.4. The summed E-state index contributed by atoms with van der Waals surface area (Å²) in [7, 11) is -3.03. The van der Waals surface area contributed by atoms with Crippen molar-refractivity contribution in [3.63, 3.8) is 0 Å². The number of rotatable bonds is 7. The minimum Gasteiger partial charge on any atom is -0.478 e. The lowest BCUT2D eigenvalue weighted by Gasteiger charge is -2.14. The zero-order chi connectivity index (χ0) is 14.5. The molecule has 0 saturated carbocycles. The van der Waals surface area contributed by atoms with Crippen LogP contribution in [0.2, 0.25) is 0 Å². The zero-order valence-electron chi connectivity index (χ0n) is 11.8. The van der Waals surface area contributed by atoms with E-state index in [0.717, 1.165) is 12.1 Å². The molecule has 0 spiro atoms. The highest BCUT2D eigenvalue weighted by Crippen LogP contribution is 2.13. The first-order valence-corrected chi connectivity index (χ1v) is 8.29. The van der Waals surface area contributed by atoms with Crippen LogP contribution < -0.4 is 10.1 Å². The Kier molecular flexibility index (Phi) is 5.53. The monoisotopic (exact) mass is 287 g/mol. The maximum atomic E-state index is 11.2. The third kappa shape index (κ3) is 6.37. The van der Waals surface area contributed by atoms with Crippen molar-refractivity contribution >= 4 is 15.8 Å². The van der Waals surface area contributed by atoms with Crippen LogP contribution in [-0.2, 0) is 9.84 Å². The van der Waals surface area contributed by atoms with Gasteiger partial charge in [-0.1, -0.05) is 6.92 Å². The van der Waals surface area contributed by atoms with E-state index in [-0.39, 0.29) is 11.8 Å². The minimum atomic E-state index is -3.03. The summed E-state index contributed by atoms with van der Waals surface area (Å²) in [4.78, 5) is 8.42. The van der Waals surface area contributed by atoms with E-state index < -0.39 is 9.84 Å². The van der Waals surface area contributed by atoms with Crippen molar-refractivity contribution in [1.82, 2.24) is 9.97 Å². The summed E-state index contributed by atoms with van der Waals surface area (Å²) < 4.78 is 27.9. The van der Waals surface area contributed by atoms with Gasteiger partial charge in [0.25, 0.3) is 0 Å². The molecule has 1 aromatic heterocycles. The molecule has 0 bridgehead atoms. The first kappa shape index (κ1) is 15.7. The minimum absolute atomic E-state index is 0.0372. The van der Waals surface area contributed by atoms with Crippen molar-refractivity contribution in [3.8, 4) is 5.88 Å². The van der Waals surface area contributed by atoms with Gasteiger partial charge in [-0.25, -0.2) is 13.4 Å². The highest BCUT2D eigenvalue weighted by molar-refractivity contribution is 7.90. The highest BCUT2D eigenvalue weighted by Gasteiger charge is 2.12. The van der Waals surface area contributed by atoms with Crippen molar-refractivity contribution in [3.05, 3.63) is 11.8 Å². The van der Waals surface area contributed by atoms with Gasteiger partial charge in [-0.15, -0.1) is 0 Å². The van der Waals surface area contributed by atoms with E-state index in [2.05, 4.69) is 15.3 Å². The predicted molar refractivity (Wildman–Crippen MR) is 75.4 cm³/mol. The van der Waals surface area contributed by atoms with Crippen molar-refractivity contribution in [2.24, 2.45) is 0 Å². The number of hydrogen-bond donors (Lipinski definition) is 1. The molecule has 19 heavy (non-hydrogen) atoms. The predicted octanol–water partition coefficient (Wildman–Crippen LogP) is 1.42. The number of aryl methyl sites for hydroxylation is 1. The second-order valence-corrected chi connectivity index (χ2v) is 6.84. The second-order valence-electron chi connectivity index (χ2n) is 4.66. The van der Waals surface area contributed by atoms with Gasteiger partial charge in [0.15, 0.2) is 0 Å². The number of ether oxygens (including phenoxy) is 1.